The quantitative estimate of drug-likeness (QED) is 0.175. The third-order valence-corrected chi connectivity index (χ3v) is 10.5. The number of hydrogen-bond acceptors (Lipinski definition) is 1. The second-order valence-electron chi connectivity index (χ2n) is 13.8. The van der Waals surface area contributed by atoms with Gasteiger partial charge in [0.1, 0.15) is 0 Å². The smallest absolute Gasteiger partial charge is 0.0467 e. The molecule has 0 saturated heterocycles. The van der Waals surface area contributed by atoms with Crippen molar-refractivity contribution in [1.82, 2.24) is 0 Å². The molecule has 0 bridgehead atoms. The molecular weight excluding hydrogens is 603 g/mol. The highest BCUT2D eigenvalue weighted by atomic mass is 15.1. The van der Waals surface area contributed by atoms with E-state index in [2.05, 4.69) is 207 Å². The summed E-state index contributed by atoms with van der Waals surface area (Å²) < 4.78 is 0. The highest BCUT2D eigenvalue weighted by Crippen LogP contribution is 2.49. The molecule has 0 saturated carbocycles. The van der Waals surface area contributed by atoms with Crippen molar-refractivity contribution in [3.63, 3.8) is 0 Å². The first kappa shape index (κ1) is 29.9. The van der Waals surface area contributed by atoms with Gasteiger partial charge in [0.2, 0.25) is 0 Å². The first-order chi connectivity index (χ1) is 24.5. The monoisotopic (exact) mass is 639 g/mol. The zero-order valence-electron chi connectivity index (χ0n) is 28.3. The number of nitrogens with zero attached hydrogens (tertiary/aromatic N) is 1. The van der Waals surface area contributed by atoms with Gasteiger partial charge in [-0.1, -0.05) is 159 Å². The first-order valence-corrected chi connectivity index (χ1v) is 17.4. The third kappa shape index (κ3) is 5.11. The maximum atomic E-state index is 2.40. The second-order valence-corrected chi connectivity index (χ2v) is 13.8. The largest absolute Gasteiger partial charge is 0.310 e. The third-order valence-electron chi connectivity index (χ3n) is 10.5. The summed E-state index contributed by atoms with van der Waals surface area (Å²) in [5.74, 6) is 0. The van der Waals surface area contributed by atoms with Gasteiger partial charge in [-0.25, -0.2) is 0 Å². The zero-order chi connectivity index (χ0) is 33.7. The van der Waals surface area contributed by atoms with Crippen LogP contribution in [0.3, 0.4) is 0 Å². The normalized spacial score (nSPS) is 12.8. The van der Waals surface area contributed by atoms with Crippen LogP contribution in [-0.2, 0) is 5.41 Å². The fourth-order valence-corrected chi connectivity index (χ4v) is 7.88. The fraction of sp³-hybridized carbons (Fsp3) is 0.0612. The van der Waals surface area contributed by atoms with Crippen LogP contribution in [-0.4, -0.2) is 0 Å². The standard InChI is InChI=1S/C49H37N/c1-49(2)47-24-9-8-22-45(47)46-30-27-38(33-48(46)49)35-25-28-40(29-26-35)50(41-19-10-17-37(31-41)34-13-4-3-5-14-34)42-20-11-18-39(32-42)44-23-12-16-36-15-6-7-21-43(36)44/h3-33H,1-2H3. The molecule has 0 atom stereocenters. The summed E-state index contributed by atoms with van der Waals surface area (Å²) in [6.07, 6.45) is 0. The summed E-state index contributed by atoms with van der Waals surface area (Å²) in [6, 6.07) is 68.6. The molecule has 1 nitrogen and oxygen atoms in total. The van der Waals surface area contributed by atoms with Crippen LogP contribution in [0.25, 0.3) is 55.3 Å². The molecule has 1 heteroatoms. The van der Waals surface area contributed by atoms with Crippen molar-refractivity contribution >= 4 is 27.8 Å². The molecule has 0 spiro atoms. The average molecular weight is 640 g/mol. The molecule has 0 aliphatic heterocycles. The van der Waals surface area contributed by atoms with Gasteiger partial charge in [-0.3, -0.25) is 0 Å². The van der Waals surface area contributed by atoms with Crippen LogP contribution in [0.5, 0.6) is 0 Å². The van der Waals surface area contributed by atoms with Crippen molar-refractivity contribution in [2.45, 2.75) is 19.3 Å². The highest BCUT2D eigenvalue weighted by molar-refractivity contribution is 5.97. The Morgan fingerprint density at radius 3 is 1.70 bits per heavy atom. The van der Waals surface area contributed by atoms with Gasteiger partial charge in [-0.05, 0) is 109 Å². The van der Waals surface area contributed by atoms with Crippen molar-refractivity contribution in [3.05, 3.63) is 199 Å². The topological polar surface area (TPSA) is 3.24 Å². The minimum atomic E-state index is -0.0302. The molecule has 0 unspecified atom stereocenters. The van der Waals surface area contributed by atoms with E-state index < -0.39 is 0 Å². The number of fused-ring (bicyclic) bond motifs is 4. The lowest BCUT2D eigenvalue weighted by molar-refractivity contribution is 0.660. The van der Waals surface area contributed by atoms with Crippen LogP contribution < -0.4 is 4.90 Å². The minimum Gasteiger partial charge on any atom is -0.310 e. The summed E-state index contributed by atoms with van der Waals surface area (Å²) in [7, 11) is 0. The van der Waals surface area contributed by atoms with Gasteiger partial charge in [0, 0.05) is 22.5 Å². The predicted molar refractivity (Wildman–Crippen MR) is 213 cm³/mol. The van der Waals surface area contributed by atoms with Crippen molar-refractivity contribution in [3.8, 4) is 44.5 Å². The Hall–Kier alpha value is -6.18. The van der Waals surface area contributed by atoms with E-state index in [4.69, 9.17) is 0 Å². The first-order valence-electron chi connectivity index (χ1n) is 17.4. The highest BCUT2D eigenvalue weighted by Gasteiger charge is 2.35. The molecule has 238 valence electrons. The lowest BCUT2D eigenvalue weighted by atomic mass is 9.81. The number of hydrogen-bond donors (Lipinski definition) is 0. The average Bonchev–Trinajstić information content (AvgIpc) is 3.41. The summed E-state index contributed by atoms with van der Waals surface area (Å²) in [5.41, 5.74) is 16.1. The Balaban J connectivity index is 1.14. The van der Waals surface area contributed by atoms with Crippen LogP contribution in [0.4, 0.5) is 17.1 Å². The van der Waals surface area contributed by atoms with E-state index in [1.807, 2.05) is 0 Å². The Bertz CT molecular complexity index is 2500. The van der Waals surface area contributed by atoms with Gasteiger partial charge in [-0.15, -0.1) is 0 Å². The summed E-state index contributed by atoms with van der Waals surface area (Å²) in [6.45, 7) is 4.69. The number of benzene rings is 8. The van der Waals surface area contributed by atoms with Crippen molar-refractivity contribution in [2.24, 2.45) is 0 Å². The predicted octanol–water partition coefficient (Wildman–Crippen LogP) is 13.6. The van der Waals surface area contributed by atoms with E-state index in [1.54, 1.807) is 0 Å². The van der Waals surface area contributed by atoms with E-state index in [-0.39, 0.29) is 5.41 Å². The SMILES string of the molecule is CC1(C)c2ccccc2-c2ccc(-c3ccc(N(c4cccc(-c5ccccc5)c4)c4cccc(-c5cccc6ccccc56)c4)cc3)cc21. The van der Waals surface area contributed by atoms with Gasteiger partial charge in [0.15, 0.2) is 0 Å². The zero-order valence-corrected chi connectivity index (χ0v) is 28.3. The van der Waals surface area contributed by atoms with Crippen LogP contribution in [0.1, 0.15) is 25.0 Å². The molecule has 1 aliphatic carbocycles. The number of rotatable bonds is 6. The van der Waals surface area contributed by atoms with Crippen molar-refractivity contribution < 1.29 is 0 Å². The van der Waals surface area contributed by atoms with Gasteiger partial charge in [0.05, 0.1) is 0 Å². The Labute approximate surface area is 294 Å². The molecule has 0 radical (unpaired) electrons. The van der Waals surface area contributed by atoms with Gasteiger partial charge < -0.3 is 4.90 Å². The van der Waals surface area contributed by atoms with Crippen LogP contribution in [0, 0.1) is 0 Å². The Morgan fingerprint density at radius 2 is 0.880 bits per heavy atom. The van der Waals surface area contributed by atoms with Gasteiger partial charge in [0.25, 0.3) is 0 Å². The van der Waals surface area contributed by atoms with E-state index >= 15 is 0 Å². The molecule has 9 rings (SSSR count). The molecule has 0 fully saturated rings. The van der Waals surface area contributed by atoms with E-state index in [0.717, 1.165) is 17.1 Å². The van der Waals surface area contributed by atoms with E-state index in [1.165, 1.54) is 66.4 Å². The molecule has 0 amide bonds. The Kier molecular flexibility index (Phi) is 7.21. The second kappa shape index (κ2) is 12.1. The molecular formula is C49H37N. The number of anilines is 3. The lowest BCUT2D eigenvalue weighted by Gasteiger charge is -2.27. The molecule has 1 aliphatic rings. The summed E-state index contributed by atoms with van der Waals surface area (Å²) in [4.78, 5) is 2.38. The summed E-state index contributed by atoms with van der Waals surface area (Å²) >= 11 is 0. The Morgan fingerprint density at radius 1 is 0.340 bits per heavy atom. The van der Waals surface area contributed by atoms with Crippen molar-refractivity contribution in [2.75, 3.05) is 4.90 Å². The van der Waals surface area contributed by atoms with Crippen LogP contribution in [0.15, 0.2) is 188 Å². The molecule has 0 N–H and O–H groups in total. The maximum absolute atomic E-state index is 2.40. The summed E-state index contributed by atoms with van der Waals surface area (Å²) in [5, 5.41) is 2.51. The fourth-order valence-electron chi connectivity index (χ4n) is 7.88. The maximum Gasteiger partial charge on any atom is 0.0467 e. The molecule has 0 heterocycles. The minimum absolute atomic E-state index is 0.0302. The lowest BCUT2D eigenvalue weighted by Crippen LogP contribution is -2.14. The van der Waals surface area contributed by atoms with E-state index in [0.29, 0.717) is 0 Å². The molecule has 8 aromatic rings. The van der Waals surface area contributed by atoms with E-state index in [9.17, 15) is 0 Å². The molecule has 0 aromatic heterocycles. The molecule has 50 heavy (non-hydrogen) atoms. The molecule has 8 aromatic carbocycles. The van der Waals surface area contributed by atoms with Crippen LogP contribution >= 0.6 is 0 Å². The van der Waals surface area contributed by atoms with Crippen LogP contribution in [0.2, 0.25) is 0 Å². The van der Waals surface area contributed by atoms with Crippen molar-refractivity contribution in [1.29, 1.82) is 0 Å². The van der Waals surface area contributed by atoms with Gasteiger partial charge in [-0.2, -0.15) is 0 Å². The van der Waals surface area contributed by atoms with Gasteiger partial charge >= 0.3 is 0 Å².